The molecule has 7 heteroatoms. The molecule has 2 heterocycles. The Morgan fingerprint density at radius 1 is 1.53 bits per heavy atom. The zero-order valence-corrected chi connectivity index (χ0v) is 11.1. The third-order valence-electron chi connectivity index (χ3n) is 2.94. The molecule has 2 rings (SSSR count). The van der Waals surface area contributed by atoms with Crippen molar-refractivity contribution >= 4 is 11.6 Å². The van der Waals surface area contributed by atoms with E-state index in [9.17, 15) is 4.79 Å². The zero-order valence-electron chi connectivity index (χ0n) is 11.1. The summed E-state index contributed by atoms with van der Waals surface area (Å²) in [6, 6.07) is 0. The third-order valence-corrected chi connectivity index (χ3v) is 2.94. The number of aromatic nitrogens is 4. The van der Waals surface area contributed by atoms with Crippen LogP contribution in [-0.4, -0.2) is 31.8 Å². The number of nitrogens with two attached hydrogens (primary N) is 1. The fourth-order valence-electron chi connectivity index (χ4n) is 1.90. The van der Waals surface area contributed by atoms with Gasteiger partial charge in [-0.3, -0.25) is 9.48 Å². The molecule has 0 aliphatic rings. The third kappa shape index (κ3) is 2.75. The Hall–Kier alpha value is -2.31. The van der Waals surface area contributed by atoms with Gasteiger partial charge in [0.05, 0.1) is 11.9 Å². The summed E-state index contributed by atoms with van der Waals surface area (Å²) in [6.45, 7) is 3.04. The van der Waals surface area contributed by atoms with Crippen LogP contribution in [0, 0.1) is 0 Å². The molecule has 0 aliphatic heterocycles. The summed E-state index contributed by atoms with van der Waals surface area (Å²) in [6.07, 6.45) is 5.79. The summed E-state index contributed by atoms with van der Waals surface area (Å²) in [5.74, 6) is 0.725. The highest BCUT2D eigenvalue weighted by Crippen LogP contribution is 2.10. The van der Waals surface area contributed by atoms with Crippen LogP contribution < -0.4 is 11.1 Å². The number of nitrogen functional groups attached to an aromatic ring is 1. The lowest BCUT2D eigenvalue weighted by molar-refractivity contribution is 0.0944. The second-order valence-corrected chi connectivity index (χ2v) is 4.22. The normalized spacial score (nSPS) is 10.6. The van der Waals surface area contributed by atoms with Gasteiger partial charge < -0.3 is 15.6 Å². The molecule has 2 aromatic heterocycles. The predicted molar refractivity (Wildman–Crippen MR) is 71.6 cm³/mol. The van der Waals surface area contributed by atoms with Crippen molar-refractivity contribution in [2.75, 3.05) is 12.3 Å². The fourth-order valence-corrected chi connectivity index (χ4v) is 1.90. The van der Waals surface area contributed by atoms with Crippen molar-refractivity contribution in [2.45, 2.75) is 19.9 Å². The van der Waals surface area contributed by atoms with Gasteiger partial charge in [-0.2, -0.15) is 5.10 Å². The summed E-state index contributed by atoms with van der Waals surface area (Å²) in [7, 11) is 1.92. The van der Waals surface area contributed by atoms with Gasteiger partial charge in [0.1, 0.15) is 11.5 Å². The van der Waals surface area contributed by atoms with E-state index in [0.717, 1.165) is 5.82 Å². The molecule has 2 aromatic rings. The van der Waals surface area contributed by atoms with Crippen molar-refractivity contribution in [3.05, 3.63) is 30.1 Å². The molecule has 0 saturated heterocycles. The maximum atomic E-state index is 12.0. The van der Waals surface area contributed by atoms with Gasteiger partial charge in [-0.15, -0.1) is 0 Å². The van der Waals surface area contributed by atoms with Crippen LogP contribution in [0.3, 0.4) is 0 Å². The van der Waals surface area contributed by atoms with Gasteiger partial charge in [0, 0.05) is 39.0 Å². The van der Waals surface area contributed by atoms with E-state index < -0.39 is 0 Å². The Bertz CT molecular complexity index is 571. The fraction of sp³-hybridized carbons (Fsp3) is 0.417. The van der Waals surface area contributed by atoms with Crippen LogP contribution in [0.5, 0.6) is 0 Å². The first kappa shape index (κ1) is 13.1. The molecule has 0 bridgehead atoms. The molecule has 1 amide bonds. The van der Waals surface area contributed by atoms with Crippen LogP contribution >= 0.6 is 0 Å². The van der Waals surface area contributed by atoms with Crippen LogP contribution in [0.15, 0.2) is 18.6 Å². The van der Waals surface area contributed by atoms with Gasteiger partial charge in [0.25, 0.3) is 5.91 Å². The predicted octanol–water partition coefficient (Wildman–Crippen LogP) is 0.191. The van der Waals surface area contributed by atoms with Crippen molar-refractivity contribution < 1.29 is 4.79 Å². The number of rotatable bonds is 5. The summed E-state index contributed by atoms with van der Waals surface area (Å²) in [5, 5.41) is 6.87. The minimum Gasteiger partial charge on any atom is -0.396 e. The first-order valence-electron chi connectivity index (χ1n) is 6.19. The summed E-state index contributed by atoms with van der Waals surface area (Å²) < 4.78 is 3.52. The molecule has 0 spiro atoms. The molecule has 0 aromatic carbocycles. The van der Waals surface area contributed by atoms with Crippen LogP contribution in [0.2, 0.25) is 0 Å². The standard InChI is InChI=1S/C12H18N6O/c1-3-18-11(9(13)8-16-18)12(19)15-5-4-10-14-6-7-17(10)2/h6-8H,3-5,13H2,1-2H3,(H,15,19). The first-order chi connectivity index (χ1) is 9.13. The maximum Gasteiger partial charge on any atom is 0.271 e. The second-order valence-electron chi connectivity index (χ2n) is 4.22. The van der Waals surface area contributed by atoms with Gasteiger partial charge in [-0.25, -0.2) is 4.98 Å². The number of hydrogen-bond acceptors (Lipinski definition) is 4. The van der Waals surface area contributed by atoms with Crippen LogP contribution in [0.25, 0.3) is 0 Å². The molecule has 0 fully saturated rings. The van der Waals surface area contributed by atoms with Crippen LogP contribution in [-0.2, 0) is 20.0 Å². The van der Waals surface area contributed by atoms with Crippen molar-refractivity contribution in [3.63, 3.8) is 0 Å². The average molecular weight is 262 g/mol. The van der Waals surface area contributed by atoms with Gasteiger partial charge in [-0.05, 0) is 6.92 Å². The number of carbonyl (C=O) groups is 1. The quantitative estimate of drug-likeness (QED) is 0.804. The number of carbonyl (C=O) groups excluding carboxylic acids is 1. The highest BCUT2D eigenvalue weighted by molar-refractivity contribution is 5.97. The van der Waals surface area contributed by atoms with Crippen molar-refractivity contribution in [3.8, 4) is 0 Å². The molecule has 102 valence electrons. The average Bonchev–Trinajstić information content (AvgIpc) is 2.96. The summed E-state index contributed by atoms with van der Waals surface area (Å²) >= 11 is 0. The Kier molecular flexibility index (Phi) is 3.84. The molecule has 3 N–H and O–H groups in total. The van der Waals surface area contributed by atoms with E-state index >= 15 is 0 Å². The molecular weight excluding hydrogens is 244 g/mol. The summed E-state index contributed by atoms with van der Waals surface area (Å²) in [5.41, 5.74) is 6.57. The zero-order chi connectivity index (χ0) is 13.8. The summed E-state index contributed by atoms with van der Waals surface area (Å²) in [4.78, 5) is 16.2. The number of anilines is 1. The lowest BCUT2D eigenvalue weighted by atomic mass is 10.3. The first-order valence-corrected chi connectivity index (χ1v) is 6.19. The molecule has 0 radical (unpaired) electrons. The van der Waals surface area contributed by atoms with Gasteiger partial charge in [-0.1, -0.05) is 0 Å². The largest absolute Gasteiger partial charge is 0.396 e. The smallest absolute Gasteiger partial charge is 0.271 e. The number of hydrogen-bond donors (Lipinski definition) is 2. The van der Waals surface area contributed by atoms with E-state index in [4.69, 9.17) is 5.73 Å². The van der Waals surface area contributed by atoms with E-state index in [1.807, 2.05) is 24.7 Å². The minimum absolute atomic E-state index is 0.203. The molecule has 0 aliphatic carbocycles. The van der Waals surface area contributed by atoms with Crippen LogP contribution in [0.1, 0.15) is 23.2 Å². The molecular formula is C12H18N6O. The van der Waals surface area contributed by atoms with E-state index in [0.29, 0.717) is 30.9 Å². The Morgan fingerprint density at radius 3 is 2.95 bits per heavy atom. The Morgan fingerprint density at radius 2 is 2.32 bits per heavy atom. The van der Waals surface area contributed by atoms with Crippen molar-refractivity contribution in [1.29, 1.82) is 0 Å². The maximum absolute atomic E-state index is 12.0. The molecule has 0 saturated carbocycles. The number of aryl methyl sites for hydroxylation is 2. The van der Waals surface area contributed by atoms with E-state index in [1.54, 1.807) is 10.9 Å². The molecule has 0 unspecified atom stereocenters. The van der Waals surface area contributed by atoms with Crippen molar-refractivity contribution in [2.24, 2.45) is 7.05 Å². The number of imidazole rings is 1. The monoisotopic (exact) mass is 262 g/mol. The Labute approximate surface area is 111 Å². The minimum atomic E-state index is -0.203. The van der Waals surface area contributed by atoms with E-state index in [-0.39, 0.29) is 5.91 Å². The SMILES string of the molecule is CCn1ncc(N)c1C(=O)NCCc1nccn1C. The second kappa shape index (κ2) is 5.55. The topological polar surface area (TPSA) is 90.8 Å². The van der Waals surface area contributed by atoms with Gasteiger partial charge in [0.15, 0.2) is 0 Å². The molecule has 0 atom stereocenters. The van der Waals surface area contributed by atoms with E-state index in [1.165, 1.54) is 6.20 Å². The lowest BCUT2D eigenvalue weighted by Crippen LogP contribution is -2.29. The highest BCUT2D eigenvalue weighted by atomic mass is 16.2. The Balaban J connectivity index is 1.94. The number of nitrogens with one attached hydrogen (secondary N) is 1. The van der Waals surface area contributed by atoms with Gasteiger partial charge >= 0.3 is 0 Å². The van der Waals surface area contributed by atoms with Gasteiger partial charge in [0.2, 0.25) is 0 Å². The highest BCUT2D eigenvalue weighted by Gasteiger charge is 2.15. The molecule has 19 heavy (non-hydrogen) atoms. The lowest BCUT2D eigenvalue weighted by Gasteiger charge is -2.07. The van der Waals surface area contributed by atoms with Crippen molar-refractivity contribution in [1.82, 2.24) is 24.6 Å². The number of amides is 1. The molecule has 7 nitrogen and oxygen atoms in total. The van der Waals surface area contributed by atoms with E-state index in [2.05, 4.69) is 15.4 Å². The van der Waals surface area contributed by atoms with Crippen LogP contribution in [0.4, 0.5) is 5.69 Å². The number of nitrogens with zero attached hydrogens (tertiary/aromatic N) is 4.